The third-order valence-corrected chi connectivity index (χ3v) is 19.4. The number of nitrogens with zero attached hydrogens (tertiary/aromatic N) is 2. The van der Waals surface area contributed by atoms with Crippen molar-refractivity contribution < 1.29 is 66.9 Å². The number of nitrogens with two attached hydrogens (primary N) is 1. The van der Waals surface area contributed by atoms with Gasteiger partial charge in [-0.2, -0.15) is 23.5 Å². The Morgan fingerprint density at radius 2 is 1.32 bits per heavy atom. The Morgan fingerprint density at radius 3 is 1.97 bits per heavy atom. The van der Waals surface area contributed by atoms with Crippen molar-refractivity contribution in [3.8, 4) is 5.75 Å². The normalized spacial score (nSPS) is 24.7. The van der Waals surface area contributed by atoms with Crippen LogP contribution < -0.4 is 43.0 Å². The molecule has 10 amide bonds. The quantitative estimate of drug-likeness (QED) is 0.104. The van der Waals surface area contributed by atoms with Crippen molar-refractivity contribution in [1.29, 1.82) is 0 Å². The van der Waals surface area contributed by atoms with Gasteiger partial charge in [-0.15, -0.1) is 0 Å². The second kappa shape index (κ2) is 31.3. The number of thioether (sulfide) groups is 2. The third-order valence-electron chi connectivity index (χ3n) is 17.3. The summed E-state index contributed by atoms with van der Waals surface area (Å²) in [6.45, 7) is 3.77. The molecule has 24 nitrogen and oxygen atoms in total. The van der Waals surface area contributed by atoms with E-state index < -0.39 is 138 Å². The summed E-state index contributed by atoms with van der Waals surface area (Å²) in [7, 11) is 0. The average Bonchev–Trinajstić information content (AvgIpc) is 1.60. The number of H-pyrrole nitrogens is 2. The molecule has 6 aromatic rings. The fraction of sp³-hybridized carbons (Fsp3) is 0.424. The molecule has 2 fully saturated rings. The van der Waals surface area contributed by atoms with Gasteiger partial charge in [0.25, 0.3) is 0 Å². The summed E-state index contributed by atoms with van der Waals surface area (Å²) in [6, 6.07) is 12.4. The van der Waals surface area contributed by atoms with Crippen molar-refractivity contribution >= 4 is 104 Å². The van der Waals surface area contributed by atoms with Gasteiger partial charge in [-0.3, -0.25) is 47.9 Å². The van der Waals surface area contributed by atoms with Gasteiger partial charge in [-0.1, -0.05) is 36.4 Å². The number of phenolic OH excluding ortho intramolecular Hbond substituents is 1. The minimum absolute atomic E-state index is 0.00439. The molecule has 94 heavy (non-hydrogen) atoms. The fourth-order valence-electron chi connectivity index (χ4n) is 12.1. The smallest absolute Gasteiger partial charge is 0.246 e. The van der Waals surface area contributed by atoms with Gasteiger partial charge in [0.15, 0.2) is 0 Å². The minimum Gasteiger partial charge on any atom is -0.508 e. The molecule has 4 aromatic carbocycles. The predicted octanol–water partition coefficient (Wildman–Crippen LogP) is 2.90. The number of fused-ring (bicyclic) bond motifs is 6. The number of aliphatic hydroxyl groups is 1. The monoisotopic (exact) mass is 1330 g/mol. The van der Waals surface area contributed by atoms with Gasteiger partial charge in [0.1, 0.15) is 59.2 Å². The predicted molar refractivity (Wildman–Crippen MR) is 349 cm³/mol. The molecule has 5 heterocycles. The Labute approximate surface area is 549 Å². The number of hydrogen-bond acceptors (Lipinski definition) is 14. The molecule has 28 heteroatoms. The average molecular weight is 1330 g/mol. The standard InChI is InChI=1S/C66H78F2N12O12S2/c1-36-60(87)72-32-58(85)74-51(25-41-30-70-48-16-12-43(67)27-46(41)48)61(88)77-53(26-42-31-71-49-17-13-44(68)28-47(42)49)63(90)79-20-5-9-55(79)62(89)76-50(37(2)81)29-57(84)75-52(24-38-10-14-45(82)15-11-38)64(91)80-21-6-19-66(80,3)65(92)78-54(59(69)86)35-94-34-40-8-4-7-39(23-40)33-93-22-18-56(83)73-36/h4,7-8,10-17,23,27-28,30-31,36-37,50-55,70-71,81-82H,5-6,9,18-22,24-26,29,32-35H2,1-3H3,(H2,69,86)(H,72,87)(H,73,83)(H,74,85)(H,75,84)(H,76,89)(H,77,88)(H,78,92)/t36-,37+,50+,51-,52-,53-,54-,55-,66-/m0/s1. The van der Waals surface area contributed by atoms with Crippen molar-refractivity contribution in [2.75, 3.05) is 31.1 Å². The molecular formula is C66H78F2N12O12S2. The van der Waals surface area contributed by atoms with Gasteiger partial charge in [0.05, 0.1) is 18.7 Å². The summed E-state index contributed by atoms with van der Waals surface area (Å²) in [5.41, 5.74) is 8.51. The van der Waals surface area contributed by atoms with Crippen LogP contribution in [0.2, 0.25) is 0 Å². The molecule has 2 aromatic heterocycles. The van der Waals surface area contributed by atoms with Crippen molar-refractivity contribution in [2.45, 2.75) is 144 Å². The zero-order valence-corrected chi connectivity index (χ0v) is 53.8. The minimum atomic E-state index is -1.52. The summed E-state index contributed by atoms with van der Waals surface area (Å²) in [5.74, 6) is -7.14. The summed E-state index contributed by atoms with van der Waals surface area (Å²) < 4.78 is 29.6. The van der Waals surface area contributed by atoms with Crippen LogP contribution in [0.15, 0.2) is 97.3 Å². The number of benzene rings is 4. The lowest BCUT2D eigenvalue weighted by Gasteiger charge is -2.37. The van der Waals surface area contributed by atoms with Crippen LogP contribution in [0.1, 0.15) is 87.1 Å². The highest BCUT2D eigenvalue weighted by Gasteiger charge is 2.49. The molecular weight excluding hydrogens is 1250 g/mol. The van der Waals surface area contributed by atoms with Gasteiger partial charge >= 0.3 is 0 Å². The number of carbonyl (C=O) groups is 10. The number of aromatic nitrogens is 2. The number of hydrogen-bond donors (Lipinski definition) is 12. The van der Waals surface area contributed by atoms with Crippen molar-refractivity contribution in [3.63, 3.8) is 0 Å². The Bertz CT molecular complexity index is 3810. The number of phenols is 1. The number of carbonyl (C=O) groups excluding carboxylic acids is 10. The van der Waals surface area contributed by atoms with Crippen LogP contribution in [0.4, 0.5) is 8.78 Å². The highest BCUT2D eigenvalue weighted by molar-refractivity contribution is 7.98. The number of amides is 10. The molecule has 0 radical (unpaired) electrons. The summed E-state index contributed by atoms with van der Waals surface area (Å²) in [6.07, 6.45) is 1.41. The topological polar surface area (TPSA) is 359 Å². The van der Waals surface area contributed by atoms with E-state index >= 15 is 4.79 Å². The molecule has 500 valence electrons. The van der Waals surface area contributed by atoms with E-state index in [0.29, 0.717) is 62.2 Å². The van der Waals surface area contributed by atoms with Crippen LogP contribution >= 0.6 is 23.5 Å². The van der Waals surface area contributed by atoms with E-state index in [4.69, 9.17) is 5.73 Å². The molecule has 0 saturated carbocycles. The summed E-state index contributed by atoms with van der Waals surface area (Å²) in [5, 5.41) is 40.9. The molecule has 9 rings (SSSR count). The van der Waals surface area contributed by atoms with E-state index in [1.54, 1.807) is 25.3 Å². The van der Waals surface area contributed by atoms with Crippen LogP contribution in [0.5, 0.6) is 5.75 Å². The first kappa shape index (κ1) is 69.3. The van der Waals surface area contributed by atoms with Crippen molar-refractivity contribution in [3.05, 3.63) is 137 Å². The van der Waals surface area contributed by atoms with Crippen LogP contribution in [0.3, 0.4) is 0 Å². The van der Waals surface area contributed by atoms with E-state index in [1.165, 1.54) is 102 Å². The molecule has 0 aliphatic carbocycles. The molecule has 2 bridgehead atoms. The number of primary amides is 1. The van der Waals surface area contributed by atoms with Gasteiger partial charge in [-0.05, 0) is 123 Å². The largest absolute Gasteiger partial charge is 0.508 e. The van der Waals surface area contributed by atoms with Crippen molar-refractivity contribution in [2.24, 2.45) is 5.73 Å². The Balaban J connectivity index is 1.00. The van der Waals surface area contributed by atoms with Gasteiger partial charge in [0.2, 0.25) is 59.1 Å². The molecule has 0 unspecified atom stereocenters. The number of nitrogens with one attached hydrogen (secondary N) is 9. The van der Waals surface area contributed by atoms with Gasteiger partial charge in [0, 0.05) is 102 Å². The van der Waals surface area contributed by atoms with Crippen LogP contribution in [0, 0.1) is 11.6 Å². The molecule has 3 aliphatic heterocycles. The second-order valence-electron chi connectivity index (χ2n) is 24.3. The first-order valence-electron chi connectivity index (χ1n) is 31.1. The SMILES string of the molecule is C[C@@H]1NC(=O)CCSCc2cccc(c2)CSC[C@@H](C(N)=O)NC(=O)[C@]2(C)CCCN2C(=O)[C@H](Cc2ccc(O)cc2)NC(=O)C[C@H]([C@@H](C)O)NC(=O)[C@@H]2CCCN2C(=O)[C@H](Cc2c[nH]c3ccc(F)cc23)NC(=O)[C@H](Cc2c[nH]c3ccc(F)cc23)NC(=O)CNC1=O. The van der Waals surface area contributed by atoms with Crippen LogP contribution in [-0.4, -0.2) is 174 Å². The lowest BCUT2D eigenvalue weighted by Crippen LogP contribution is -2.62. The fourth-order valence-corrected chi connectivity index (χ4v) is 14.0. The summed E-state index contributed by atoms with van der Waals surface area (Å²) in [4.78, 5) is 150. The highest BCUT2D eigenvalue weighted by Crippen LogP contribution is 2.32. The maximum atomic E-state index is 15.2. The lowest BCUT2D eigenvalue weighted by atomic mass is 9.95. The maximum absolute atomic E-state index is 15.2. The Morgan fingerprint density at radius 1 is 0.691 bits per heavy atom. The van der Waals surface area contributed by atoms with E-state index in [-0.39, 0.29) is 69.5 Å². The molecule has 9 atom stereocenters. The number of aliphatic hydroxyl groups excluding tert-OH is 1. The Hall–Kier alpha value is -9.02. The maximum Gasteiger partial charge on any atom is 0.246 e. The van der Waals surface area contributed by atoms with E-state index in [1.807, 2.05) is 24.3 Å². The third kappa shape index (κ3) is 17.6. The first-order chi connectivity index (χ1) is 44.9. The highest BCUT2D eigenvalue weighted by atomic mass is 32.2. The number of halogens is 2. The van der Waals surface area contributed by atoms with Crippen LogP contribution in [0.25, 0.3) is 21.8 Å². The number of aromatic amines is 2. The molecule has 3 aliphatic rings. The van der Waals surface area contributed by atoms with Gasteiger partial charge in [-0.25, -0.2) is 8.78 Å². The number of aromatic hydroxyl groups is 1. The van der Waals surface area contributed by atoms with Crippen LogP contribution in [-0.2, 0) is 78.7 Å². The molecule has 0 spiro atoms. The van der Waals surface area contributed by atoms with E-state index in [2.05, 4.69) is 47.2 Å². The molecule has 2 saturated heterocycles. The molecule has 13 N–H and O–H groups in total. The zero-order chi connectivity index (χ0) is 67.4. The number of rotatable bonds is 8. The summed E-state index contributed by atoms with van der Waals surface area (Å²) >= 11 is 2.83. The lowest BCUT2D eigenvalue weighted by molar-refractivity contribution is -0.147. The van der Waals surface area contributed by atoms with E-state index in [9.17, 15) is 62.1 Å². The van der Waals surface area contributed by atoms with Crippen molar-refractivity contribution in [1.82, 2.24) is 57.0 Å². The van der Waals surface area contributed by atoms with Gasteiger partial charge < -0.3 is 72.9 Å². The zero-order valence-electron chi connectivity index (χ0n) is 52.2. The van der Waals surface area contributed by atoms with E-state index in [0.717, 1.165) is 11.1 Å². The second-order valence-corrected chi connectivity index (χ2v) is 26.4. The first-order valence-corrected chi connectivity index (χ1v) is 33.4. The Kier molecular flexibility index (Phi) is 23.1.